The summed E-state index contributed by atoms with van der Waals surface area (Å²) in [7, 11) is 1.70. The highest BCUT2D eigenvalue weighted by molar-refractivity contribution is 5.81. The summed E-state index contributed by atoms with van der Waals surface area (Å²) in [6.45, 7) is 2.13. The topological polar surface area (TPSA) is 15.7 Å². The van der Waals surface area contributed by atoms with Gasteiger partial charge in [0.2, 0.25) is 0 Å². The van der Waals surface area contributed by atoms with Crippen LogP contribution in [0.4, 0.5) is 34.1 Å². The van der Waals surface area contributed by atoms with Crippen molar-refractivity contribution in [2.45, 2.75) is 6.92 Å². The molecule has 0 atom stereocenters. The summed E-state index contributed by atoms with van der Waals surface area (Å²) in [5.41, 5.74) is 10.2. The van der Waals surface area contributed by atoms with Crippen molar-refractivity contribution in [2.75, 3.05) is 16.9 Å². The molecule has 0 N–H and O–H groups in total. The quantitative estimate of drug-likeness (QED) is 0.194. The number of para-hydroxylation sites is 2. The van der Waals surface area contributed by atoms with Gasteiger partial charge < -0.3 is 14.5 Å². The Morgan fingerprint density at radius 3 is 1.27 bits per heavy atom. The Morgan fingerprint density at radius 2 is 0.805 bits per heavy atom. The Balaban J connectivity index is 1.32. The standard InChI is InChI=1S/C38H32N2O/c1-29-11-9-16-36(27-29)39(32-12-5-3-6-13-32)34-23-19-30(20-24-34)31-21-25-35(26-22-31)40(33-14-7-4-8-15-33)37-17-10-18-38(28-37)41-2/h3-28H,1-2H3. The van der Waals surface area contributed by atoms with E-state index >= 15 is 0 Å². The van der Waals surface area contributed by atoms with Crippen LogP contribution >= 0.6 is 0 Å². The van der Waals surface area contributed by atoms with Gasteiger partial charge in [-0.1, -0.05) is 78.9 Å². The molecule has 0 saturated heterocycles. The summed E-state index contributed by atoms with van der Waals surface area (Å²) in [5.74, 6) is 0.829. The maximum absolute atomic E-state index is 5.51. The van der Waals surface area contributed by atoms with Crippen LogP contribution in [0.3, 0.4) is 0 Å². The summed E-state index contributed by atoms with van der Waals surface area (Å²) in [6, 6.07) is 55.3. The number of ether oxygens (including phenoxy) is 1. The third kappa shape index (κ3) is 5.70. The summed E-state index contributed by atoms with van der Waals surface area (Å²) in [5, 5.41) is 0. The highest BCUT2D eigenvalue weighted by Gasteiger charge is 2.15. The Kier molecular flexibility index (Phi) is 7.51. The van der Waals surface area contributed by atoms with Gasteiger partial charge in [0, 0.05) is 40.2 Å². The van der Waals surface area contributed by atoms with Crippen molar-refractivity contribution in [2.24, 2.45) is 0 Å². The average molecular weight is 533 g/mol. The summed E-state index contributed by atoms with van der Waals surface area (Å²) >= 11 is 0. The molecule has 0 saturated carbocycles. The van der Waals surface area contributed by atoms with Crippen LogP contribution in [0.25, 0.3) is 11.1 Å². The van der Waals surface area contributed by atoms with E-state index in [0.717, 1.165) is 39.9 Å². The average Bonchev–Trinajstić information content (AvgIpc) is 3.03. The maximum atomic E-state index is 5.51. The Labute approximate surface area is 242 Å². The van der Waals surface area contributed by atoms with Gasteiger partial charge in [-0.3, -0.25) is 0 Å². The van der Waals surface area contributed by atoms with Gasteiger partial charge in [0.25, 0.3) is 0 Å². The van der Waals surface area contributed by atoms with Crippen molar-refractivity contribution >= 4 is 34.1 Å². The molecule has 0 spiro atoms. The molecule has 0 unspecified atom stereocenters. The molecule has 0 aliphatic rings. The van der Waals surface area contributed by atoms with Gasteiger partial charge in [-0.15, -0.1) is 0 Å². The molecule has 0 heterocycles. The Hall–Kier alpha value is -5.28. The molecule has 6 rings (SSSR count). The van der Waals surface area contributed by atoms with Gasteiger partial charge in [0.1, 0.15) is 5.75 Å². The first-order valence-corrected chi connectivity index (χ1v) is 13.8. The number of anilines is 6. The second-order valence-electron chi connectivity index (χ2n) is 9.98. The molecule has 0 aliphatic heterocycles. The second-order valence-corrected chi connectivity index (χ2v) is 9.98. The zero-order valence-electron chi connectivity index (χ0n) is 23.3. The lowest BCUT2D eigenvalue weighted by molar-refractivity contribution is 0.415. The highest BCUT2D eigenvalue weighted by atomic mass is 16.5. The minimum Gasteiger partial charge on any atom is -0.497 e. The van der Waals surface area contributed by atoms with Crippen molar-refractivity contribution in [1.29, 1.82) is 0 Å². The number of aryl methyl sites for hydroxylation is 1. The number of methoxy groups -OCH3 is 1. The van der Waals surface area contributed by atoms with Gasteiger partial charge in [-0.05, 0) is 96.4 Å². The first-order chi connectivity index (χ1) is 20.2. The molecular weight excluding hydrogens is 500 g/mol. The zero-order chi connectivity index (χ0) is 28.0. The normalized spacial score (nSPS) is 10.7. The zero-order valence-corrected chi connectivity index (χ0v) is 23.3. The molecule has 41 heavy (non-hydrogen) atoms. The van der Waals surface area contributed by atoms with Gasteiger partial charge in [0.15, 0.2) is 0 Å². The fourth-order valence-electron chi connectivity index (χ4n) is 5.17. The van der Waals surface area contributed by atoms with Crippen LogP contribution < -0.4 is 14.5 Å². The van der Waals surface area contributed by atoms with Crippen LogP contribution in [0.1, 0.15) is 5.56 Å². The smallest absolute Gasteiger partial charge is 0.120 e. The van der Waals surface area contributed by atoms with Gasteiger partial charge >= 0.3 is 0 Å². The Bertz CT molecular complexity index is 1710. The molecule has 0 amide bonds. The van der Waals surface area contributed by atoms with Crippen LogP contribution in [0.2, 0.25) is 0 Å². The third-order valence-electron chi connectivity index (χ3n) is 7.18. The molecule has 0 aromatic heterocycles. The predicted octanol–water partition coefficient (Wildman–Crippen LogP) is 10.6. The van der Waals surface area contributed by atoms with Crippen LogP contribution in [0, 0.1) is 6.92 Å². The molecule has 0 radical (unpaired) electrons. The lowest BCUT2D eigenvalue weighted by Crippen LogP contribution is -2.10. The number of benzene rings is 6. The number of rotatable bonds is 8. The molecule has 200 valence electrons. The molecule has 6 aromatic carbocycles. The molecule has 3 heteroatoms. The van der Waals surface area contributed by atoms with E-state index < -0.39 is 0 Å². The monoisotopic (exact) mass is 532 g/mol. The first kappa shape index (κ1) is 26.0. The van der Waals surface area contributed by atoms with E-state index in [-0.39, 0.29) is 0 Å². The lowest BCUT2D eigenvalue weighted by Gasteiger charge is -2.26. The molecule has 3 nitrogen and oxygen atoms in total. The third-order valence-corrected chi connectivity index (χ3v) is 7.18. The second kappa shape index (κ2) is 11.8. The van der Waals surface area contributed by atoms with E-state index in [4.69, 9.17) is 4.74 Å². The van der Waals surface area contributed by atoms with Gasteiger partial charge in [0.05, 0.1) is 7.11 Å². The molecule has 0 bridgehead atoms. The van der Waals surface area contributed by atoms with Crippen LogP contribution in [-0.4, -0.2) is 7.11 Å². The van der Waals surface area contributed by atoms with Crippen molar-refractivity contribution in [3.63, 3.8) is 0 Å². The van der Waals surface area contributed by atoms with Crippen LogP contribution in [0.5, 0.6) is 5.75 Å². The molecule has 0 aliphatic carbocycles. The fourth-order valence-corrected chi connectivity index (χ4v) is 5.17. The van der Waals surface area contributed by atoms with E-state index in [2.05, 4.69) is 156 Å². The van der Waals surface area contributed by atoms with E-state index in [1.54, 1.807) is 7.11 Å². The van der Waals surface area contributed by atoms with Crippen molar-refractivity contribution < 1.29 is 4.74 Å². The van der Waals surface area contributed by atoms with Crippen LogP contribution in [0.15, 0.2) is 158 Å². The predicted molar refractivity (Wildman–Crippen MR) is 173 cm³/mol. The Morgan fingerprint density at radius 1 is 0.390 bits per heavy atom. The number of hydrogen-bond acceptors (Lipinski definition) is 3. The van der Waals surface area contributed by atoms with Crippen LogP contribution in [-0.2, 0) is 0 Å². The van der Waals surface area contributed by atoms with E-state index in [9.17, 15) is 0 Å². The highest BCUT2D eigenvalue weighted by Crippen LogP contribution is 2.38. The molecule has 0 fully saturated rings. The number of nitrogens with zero attached hydrogens (tertiary/aromatic N) is 2. The largest absolute Gasteiger partial charge is 0.497 e. The minimum atomic E-state index is 0.829. The lowest BCUT2D eigenvalue weighted by atomic mass is 10.0. The summed E-state index contributed by atoms with van der Waals surface area (Å²) in [6.07, 6.45) is 0. The van der Waals surface area contributed by atoms with Crippen molar-refractivity contribution in [1.82, 2.24) is 0 Å². The maximum Gasteiger partial charge on any atom is 0.120 e. The van der Waals surface area contributed by atoms with Crippen molar-refractivity contribution in [3.05, 3.63) is 163 Å². The summed E-state index contributed by atoms with van der Waals surface area (Å²) in [4.78, 5) is 4.54. The number of hydrogen-bond donors (Lipinski definition) is 0. The van der Waals surface area contributed by atoms with E-state index in [1.807, 2.05) is 18.2 Å². The van der Waals surface area contributed by atoms with Gasteiger partial charge in [-0.25, -0.2) is 0 Å². The fraction of sp³-hybridized carbons (Fsp3) is 0.0526. The molecular formula is C38H32N2O. The molecule has 6 aromatic rings. The van der Waals surface area contributed by atoms with E-state index in [0.29, 0.717) is 0 Å². The van der Waals surface area contributed by atoms with Crippen molar-refractivity contribution in [3.8, 4) is 16.9 Å². The first-order valence-electron chi connectivity index (χ1n) is 13.8. The minimum absolute atomic E-state index is 0.829. The van der Waals surface area contributed by atoms with Gasteiger partial charge in [-0.2, -0.15) is 0 Å². The van der Waals surface area contributed by atoms with E-state index in [1.165, 1.54) is 16.7 Å². The summed E-state index contributed by atoms with van der Waals surface area (Å²) < 4.78 is 5.51. The SMILES string of the molecule is COc1cccc(N(c2ccccc2)c2ccc(-c3ccc(N(c4ccccc4)c4cccc(C)c4)cc3)cc2)c1.